The highest BCUT2D eigenvalue weighted by Gasteiger charge is 2.37. The lowest BCUT2D eigenvalue weighted by Gasteiger charge is -2.42. The molecule has 314 valence electrons. The lowest BCUT2D eigenvalue weighted by molar-refractivity contribution is 0.632. The number of hydrogen-bond donors (Lipinski definition) is 0. The highest BCUT2D eigenvalue weighted by molar-refractivity contribution is 6.12. The van der Waals surface area contributed by atoms with Gasteiger partial charge in [0.05, 0.1) is 22.4 Å². The van der Waals surface area contributed by atoms with Gasteiger partial charge in [0, 0.05) is 44.6 Å². The van der Waals surface area contributed by atoms with Crippen LogP contribution in [0.15, 0.2) is 249 Å². The van der Waals surface area contributed by atoms with Crippen LogP contribution in [0.25, 0.3) is 60.9 Å². The zero-order valence-electron chi connectivity index (χ0n) is 37.0. The largest absolute Gasteiger partial charge is 0.310 e. The maximum atomic E-state index is 2.43. The third kappa shape index (κ3) is 6.67. The molecule has 3 heteroatoms. The number of hydrogen-bond acceptors (Lipinski definition) is 2. The number of anilines is 6. The summed E-state index contributed by atoms with van der Waals surface area (Å²) in [5.41, 5.74) is 20.0. The van der Waals surface area contributed by atoms with Crippen molar-refractivity contribution in [3.05, 3.63) is 260 Å². The van der Waals surface area contributed by atoms with Crippen molar-refractivity contribution in [2.45, 2.75) is 19.3 Å². The van der Waals surface area contributed by atoms with Crippen LogP contribution in [0, 0.1) is 0 Å². The van der Waals surface area contributed by atoms with Gasteiger partial charge in [0.25, 0.3) is 0 Å². The van der Waals surface area contributed by atoms with E-state index in [1.165, 1.54) is 72.2 Å². The summed E-state index contributed by atoms with van der Waals surface area (Å²) in [4.78, 5) is 4.81. The first-order valence-corrected chi connectivity index (χ1v) is 22.8. The molecule has 0 spiro atoms. The van der Waals surface area contributed by atoms with Gasteiger partial charge in [-0.05, 0) is 142 Å². The summed E-state index contributed by atoms with van der Waals surface area (Å²) in [6, 6.07) is 90.6. The molecule has 0 radical (unpaired) electrons. The summed E-state index contributed by atoms with van der Waals surface area (Å²) in [6.45, 7) is 4.73. The Morgan fingerprint density at radius 3 is 1.35 bits per heavy atom. The molecular weight excluding hydrogens is 799 g/mol. The van der Waals surface area contributed by atoms with E-state index >= 15 is 0 Å². The van der Waals surface area contributed by atoms with E-state index in [0.717, 1.165) is 34.0 Å². The second-order valence-electron chi connectivity index (χ2n) is 17.8. The Morgan fingerprint density at radius 2 is 0.742 bits per heavy atom. The van der Waals surface area contributed by atoms with Gasteiger partial charge in [0.15, 0.2) is 0 Å². The van der Waals surface area contributed by atoms with Crippen LogP contribution >= 0.6 is 0 Å². The van der Waals surface area contributed by atoms with Crippen LogP contribution < -0.4 is 9.80 Å². The number of nitrogens with zero attached hydrogens (tertiary/aromatic N) is 3. The molecule has 1 aliphatic heterocycles. The van der Waals surface area contributed by atoms with Crippen molar-refractivity contribution in [1.29, 1.82) is 0 Å². The molecular formula is C63H47N3. The van der Waals surface area contributed by atoms with Gasteiger partial charge in [-0.15, -0.1) is 0 Å². The number of benzene rings is 10. The normalized spacial score (nSPS) is 12.8. The van der Waals surface area contributed by atoms with Crippen molar-refractivity contribution >= 4 is 55.9 Å². The lowest BCUT2D eigenvalue weighted by Crippen LogP contribution is -2.30. The zero-order valence-corrected chi connectivity index (χ0v) is 37.0. The molecule has 0 N–H and O–H groups in total. The predicted octanol–water partition coefficient (Wildman–Crippen LogP) is 17.4. The number of aromatic nitrogens is 1. The fraction of sp³-hybridized carbons (Fsp3) is 0.0476. The van der Waals surface area contributed by atoms with Crippen LogP contribution in [-0.4, -0.2) is 4.57 Å². The first kappa shape index (κ1) is 39.2. The summed E-state index contributed by atoms with van der Waals surface area (Å²) in [6.07, 6.45) is 0. The molecule has 0 atom stereocenters. The molecule has 11 aromatic rings. The van der Waals surface area contributed by atoms with Gasteiger partial charge in [-0.3, -0.25) is 0 Å². The smallest absolute Gasteiger partial charge is 0.0542 e. The molecule has 66 heavy (non-hydrogen) atoms. The Balaban J connectivity index is 1.02. The fourth-order valence-corrected chi connectivity index (χ4v) is 10.2. The number of rotatable bonds is 8. The van der Waals surface area contributed by atoms with E-state index < -0.39 is 0 Å². The molecule has 10 aromatic carbocycles. The fourth-order valence-electron chi connectivity index (χ4n) is 10.2. The molecule has 0 bridgehead atoms. The summed E-state index contributed by atoms with van der Waals surface area (Å²) < 4.78 is 2.41. The lowest BCUT2D eigenvalue weighted by atomic mass is 9.73. The maximum Gasteiger partial charge on any atom is 0.0542 e. The Bertz CT molecular complexity index is 3440. The maximum absolute atomic E-state index is 2.43. The van der Waals surface area contributed by atoms with Gasteiger partial charge < -0.3 is 14.4 Å². The minimum absolute atomic E-state index is 0.211. The van der Waals surface area contributed by atoms with Gasteiger partial charge in [0.2, 0.25) is 0 Å². The third-order valence-electron chi connectivity index (χ3n) is 13.6. The Hall–Kier alpha value is -8.40. The molecule has 0 saturated carbocycles. The summed E-state index contributed by atoms with van der Waals surface area (Å²) in [5, 5.41) is 2.41. The molecule has 0 unspecified atom stereocenters. The Kier molecular flexibility index (Phi) is 9.50. The first-order chi connectivity index (χ1) is 32.5. The molecule has 12 rings (SSSR count). The van der Waals surface area contributed by atoms with Gasteiger partial charge in [0.1, 0.15) is 0 Å². The molecule has 1 aromatic heterocycles. The molecule has 0 saturated heterocycles. The van der Waals surface area contributed by atoms with Crippen LogP contribution in [0.1, 0.15) is 25.0 Å². The van der Waals surface area contributed by atoms with Crippen molar-refractivity contribution < 1.29 is 0 Å². The second-order valence-corrected chi connectivity index (χ2v) is 17.8. The van der Waals surface area contributed by atoms with Crippen molar-refractivity contribution in [1.82, 2.24) is 4.57 Å². The van der Waals surface area contributed by atoms with E-state index in [4.69, 9.17) is 0 Å². The molecule has 2 heterocycles. The minimum atomic E-state index is -0.211. The van der Waals surface area contributed by atoms with Gasteiger partial charge in [-0.1, -0.05) is 166 Å². The quantitative estimate of drug-likeness (QED) is 0.151. The summed E-state index contributed by atoms with van der Waals surface area (Å²) in [5.74, 6) is 0. The van der Waals surface area contributed by atoms with Crippen LogP contribution in [0.4, 0.5) is 34.1 Å². The first-order valence-electron chi connectivity index (χ1n) is 22.8. The molecule has 0 amide bonds. The van der Waals surface area contributed by atoms with E-state index in [0.29, 0.717) is 0 Å². The van der Waals surface area contributed by atoms with Crippen molar-refractivity contribution in [3.8, 4) is 39.1 Å². The monoisotopic (exact) mass is 845 g/mol. The van der Waals surface area contributed by atoms with E-state index in [1.807, 2.05) is 0 Å². The molecule has 1 aliphatic rings. The topological polar surface area (TPSA) is 11.4 Å². The predicted molar refractivity (Wildman–Crippen MR) is 279 cm³/mol. The molecule has 0 aliphatic carbocycles. The number of para-hydroxylation sites is 3. The average molecular weight is 846 g/mol. The van der Waals surface area contributed by atoms with E-state index in [1.54, 1.807) is 0 Å². The standard InChI is InChI=1S/C63H47N3/c1-63(2)57-25-15-16-26-61(57)66(51-23-13-6-14-24-51)62-39-32-49(42-58(62)63)48-31-38-59-55(41-48)56-43-54(37-40-60(56)65(59)50-21-11-5-12-22-50)64(52-33-27-46(28-34-52)44-17-7-3-8-18-44)53-35-29-47(30-36-53)45-19-9-4-10-20-45/h3-43H,1-2H3. The van der Waals surface area contributed by atoms with E-state index in [-0.39, 0.29) is 5.41 Å². The van der Waals surface area contributed by atoms with E-state index in [9.17, 15) is 0 Å². The number of fused-ring (bicyclic) bond motifs is 5. The highest BCUT2D eigenvalue weighted by atomic mass is 15.2. The third-order valence-corrected chi connectivity index (χ3v) is 13.6. The van der Waals surface area contributed by atoms with Crippen LogP contribution in [0.5, 0.6) is 0 Å². The van der Waals surface area contributed by atoms with Crippen molar-refractivity contribution in [2.75, 3.05) is 9.80 Å². The van der Waals surface area contributed by atoms with Crippen LogP contribution in [0.2, 0.25) is 0 Å². The Labute approximate surface area is 386 Å². The second kappa shape index (κ2) is 16.0. The van der Waals surface area contributed by atoms with Crippen molar-refractivity contribution in [3.63, 3.8) is 0 Å². The summed E-state index contributed by atoms with van der Waals surface area (Å²) in [7, 11) is 0. The Morgan fingerprint density at radius 1 is 0.318 bits per heavy atom. The molecule has 0 fully saturated rings. The zero-order chi connectivity index (χ0) is 44.2. The SMILES string of the molecule is CC1(C)c2ccccc2N(c2ccccc2)c2ccc(-c3ccc4c(c3)c3cc(N(c5ccc(-c6ccccc6)cc5)c5ccc(-c6ccccc6)cc5)ccc3n4-c3ccccc3)cc21. The van der Waals surface area contributed by atoms with Gasteiger partial charge >= 0.3 is 0 Å². The minimum Gasteiger partial charge on any atom is -0.310 e. The average Bonchev–Trinajstić information content (AvgIpc) is 3.71. The summed E-state index contributed by atoms with van der Waals surface area (Å²) >= 11 is 0. The van der Waals surface area contributed by atoms with Crippen molar-refractivity contribution in [2.24, 2.45) is 0 Å². The molecule has 3 nitrogen and oxygen atoms in total. The highest BCUT2D eigenvalue weighted by Crippen LogP contribution is 2.53. The van der Waals surface area contributed by atoms with Crippen LogP contribution in [0.3, 0.4) is 0 Å². The van der Waals surface area contributed by atoms with Gasteiger partial charge in [-0.25, -0.2) is 0 Å². The van der Waals surface area contributed by atoms with Crippen LogP contribution in [-0.2, 0) is 5.41 Å². The van der Waals surface area contributed by atoms with Gasteiger partial charge in [-0.2, -0.15) is 0 Å². The van der Waals surface area contributed by atoms with E-state index in [2.05, 4.69) is 277 Å².